The van der Waals surface area contributed by atoms with Gasteiger partial charge in [0.05, 0.1) is 25.4 Å². The minimum absolute atomic E-state index is 0.143. The predicted molar refractivity (Wildman–Crippen MR) is 119 cm³/mol. The minimum atomic E-state index is 0.143. The third kappa shape index (κ3) is 63.6. The summed E-state index contributed by atoms with van der Waals surface area (Å²) < 4.78 is 24.3. The van der Waals surface area contributed by atoms with Gasteiger partial charge in [-0.05, 0) is 60.8 Å². The quantitative estimate of drug-likeness (QED) is 0.553. The predicted octanol–water partition coefficient (Wildman–Crippen LogP) is 4.72. The Morgan fingerprint density at radius 1 is 0.821 bits per heavy atom. The Balaban J connectivity index is -0.000000133. The van der Waals surface area contributed by atoms with Gasteiger partial charge in [0, 0.05) is 47.3 Å². The fourth-order valence-electron chi connectivity index (χ4n) is 1.67. The molecule has 1 saturated heterocycles. The zero-order chi connectivity index (χ0) is 22.5. The lowest BCUT2D eigenvalue weighted by molar-refractivity contribution is 0.0300. The van der Waals surface area contributed by atoms with Crippen molar-refractivity contribution < 1.29 is 28.8 Å². The molecule has 0 amide bonds. The molecule has 6 nitrogen and oxygen atoms in total. The number of hydrogen-bond donors (Lipinski definition) is 1. The van der Waals surface area contributed by atoms with Gasteiger partial charge in [0.2, 0.25) is 0 Å². The molecule has 0 radical (unpaired) electrons. The number of ether oxygens (including phenoxy) is 5. The van der Waals surface area contributed by atoms with E-state index in [2.05, 4.69) is 11.7 Å². The lowest BCUT2D eigenvalue weighted by Gasteiger charge is -2.09. The normalized spacial score (nSPS) is 12.0. The summed E-state index contributed by atoms with van der Waals surface area (Å²) in [7, 11) is 3.25. The van der Waals surface area contributed by atoms with Gasteiger partial charge in [-0.2, -0.15) is 0 Å². The van der Waals surface area contributed by atoms with E-state index in [4.69, 9.17) is 24.1 Å². The fraction of sp³-hybridized carbons (Fsp3) is 1.00. The van der Waals surface area contributed by atoms with E-state index in [9.17, 15) is 0 Å². The van der Waals surface area contributed by atoms with Crippen LogP contribution >= 0.6 is 0 Å². The van der Waals surface area contributed by atoms with Crippen LogP contribution in [0.15, 0.2) is 0 Å². The second-order valence-corrected chi connectivity index (χ2v) is 6.43. The molecule has 1 fully saturated rings. The van der Waals surface area contributed by atoms with E-state index in [1.54, 1.807) is 14.2 Å². The third-order valence-corrected chi connectivity index (χ3v) is 2.66. The van der Waals surface area contributed by atoms with Crippen molar-refractivity contribution in [2.75, 3.05) is 60.5 Å². The van der Waals surface area contributed by atoms with Gasteiger partial charge in [-0.1, -0.05) is 13.3 Å². The van der Waals surface area contributed by atoms with E-state index in [1.165, 1.54) is 12.8 Å². The molecule has 1 aliphatic heterocycles. The molecule has 0 atom stereocenters. The molecule has 0 aromatic heterocycles. The first-order valence-electron chi connectivity index (χ1n) is 10.8. The third-order valence-electron chi connectivity index (χ3n) is 2.66. The monoisotopic (exact) mass is 412 g/mol. The molecular weight excluding hydrogens is 360 g/mol. The van der Waals surface area contributed by atoms with Crippen LogP contribution < -0.4 is 0 Å². The molecule has 0 spiro atoms. The first-order valence-corrected chi connectivity index (χ1v) is 10.8. The smallest absolute Gasteiger partial charge is 0.0697 e. The van der Waals surface area contributed by atoms with E-state index in [1.807, 2.05) is 41.5 Å². The molecule has 0 bridgehead atoms. The van der Waals surface area contributed by atoms with Gasteiger partial charge in [-0.15, -0.1) is 0 Å². The first kappa shape index (κ1) is 35.2. The van der Waals surface area contributed by atoms with E-state index in [0.717, 1.165) is 45.9 Å². The SMILES string of the molecule is C1CCOC1.CC(C)OC(C)C.CCCCOCCO.CCOCC.COC. The van der Waals surface area contributed by atoms with E-state index < -0.39 is 0 Å². The zero-order valence-electron chi connectivity index (χ0n) is 20.4. The van der Waals surface area contributed by atoms with Crippen LogP contribution in [0, 0.1) is 0 Å². The Hall–Kier alpha value is -0.240. The molecule has 1 heterocycles. The summed E-state index contributed by atoms with van der Waals surface area (Å²) in [6.45, 7) is 19.4. The molecule has 0 aliphatic carbocycles. The van der Waals surface area contributed by atoms with Crippen molar-refractivity contribution in [3.8, 4) is 0 Å². The molecule has 28 heavy (non-hydrogen) atoms. The van der Waals surface area contributed by atoms with Crippen LogP contribution in [0.3, 0.4) is 0 Å². The van der Waals surface area contributed by atoms with Crippen LogP contribution in [0.4, 0.5) is 0 Å². The van der Waals surface area contributed by atoms with Gasteiger partial charge >= 0.3 is 0 Å². The summed E-state index contributed by atoms with van der Waals surface area (Å²) in [4.78, 5) is 0. The molecule has 6 heteroatoms. The number of rotatable bonds is 9. The molecule has 0 aromatic carbocycles. The van der Waals surface area contributed by atoms with Crippen LogP contribution in [0.2, 0.25) is 0 Å². The van der Waals surface area contributed by atoms with Crippen LogP contribution in [-0.2, 0) is 23.7 Å². The van der Waals surface area contributed by atoms with Crippen LogP contribution in [-0.4, -0.2) is 77.8 Å². The highest BCUT2D eigenvalue weighted by Crippen LogP contribution is 1.98. The standard InChI is InChI=1S/C6H14O2.C6H14O.C4H8O.C4H10O.C2H6O/c1-2-3-5-8-6-4-7;1-5(2)7-6(3)4;1-2-4-5-3-1;1-3-5-4-2;1-3-2/h7H,2-6H2,1H3;5-6H,1-4H3;1-4H2;3-4H2,1-2H3;1-2H3. The maximum absolute atomic E-state index is 8.24. The Morgan fingerprint density at radius 3 is 1.46 bits per heavy atom. The molecule has 1 aliphatic rings. The van der Waals surface area contributed by atoms with E-state index in [0.29, 0.717) is 18.8 Å². The van der Waals surface area contributed by atoms with Crippen molar-refractivity contribution in [1.29, 1.82) is 0 Å². The Morgan fingerprint density at radius 2 is 1.29 bits per heavy atom. The minimum Gasteiger partial charge on any atom is -0.394 e. The number of aliphatic hydroxyl groups is 1. The average Bonchev–Trinajstić information content (AvgIpc) is 3.20. The van der Waals surface area contributed by atoms with Crippen molar-refractivity contribution in [3.05, 3.63) is 0 Å². The van der Waals surface area contributed by atoms with Crippen molar-refractivity contribution in [1.82, 2.24) is 0 Å². The molecule has 0 saturated carbocycles. The molecule has 0 unspecified atom stereocenters. The first-order chi connectivity index (χ1) is 13.4. The summed E-state index contributed by atoms with van der Waals surface area (Å²) in [6, 6.07) is 0. The Labute approximate surface area is 176 Å². The highest BCUT2D eigenvalue weighted by molar-refractivity contribution is 4.43. The highest BCUT2D eigenvalue weighted by Gasteiger charge is 1.95. The van der Waals surface area contributed by atoms with Gasteiger partial charge in [0.15, 0.2) is 0 Å². The number of hydrogen-bond acceptors (Lipinski definition) is 6. The topological polar surface area (TPSA) is 66.4 Å². The lowest BCUT2D eigenvalue weighted by atomic mass is 10.4. The van der Waals surface area contributed by atoms with Crippen molar-refractivity contribution in [2.45, 2.75) is 86.4 Å². The maximum atomic E-state index is 8.24. The maximum Gasteiger partial charge on any atom is 0.0697 e. The fourth-order valence-corrected chi connectivity index (χ4v) is 1.67. The second kappa shape index (κ2) is 37.5. The average molecular weight is 413 g/mol. The summed E-state index contributed by atoms with van der Waals surface area (Å²) in [5, 5.41) is 8.24. The number of methoxy groups -OCH3 is 1. The number of aliphatic hydroxyl groups excluding tert-OH is 1. The Kier molecular flexibility index (Phi) is 47.2. The zero-order valence-corrected chi connectivity index (χ0v) is 20.4. The van der Waals surface area contributed by atoms with Crippen molar-refractivity contribution in [3.63, 3.8) is 0 Å². The number of unbranched alkanes of at least 4 members (excludes halogenated alkanes) is 1. The molecule has 176 valence electrons. The molecular formula is C22H52O6. The lowest BCUT2D eigenvalue weighted by Crippen LogP contribution is -2.09. The largest absolute Gasteiger partial charge is 0.394 e. The van der Waals surface area contributed by atoms with Crippen LogP contribution in [0.5, 0.6) is 0 Å². The second-order valence-electron chi connectivity index (χ2n) is 6.43. The summed E-state index contributed by atoms with van der Waals surface area (Å²) in [5.74, 6) is 0. The summed E-state index contributed by atoms with van der Waals surface area (Å²) >= 11 is 0. The molecule has 0 aromatic rings. The molecule has 1 N–H and O–H groups in total. The van der Waals surface area contributed by atoms with E-state index in [-0.39, 0.29) is 6.61 Å². The van der Waals surface area contributed by atoms with E-state index >= 15 is 0 Å². The summed E-state index contributed by atoms with van der Waals surface area (Å²) in [6.07, 6.45) is 5.56. The van der Waals surface area contributed by atoms with Gasteiger partial charge < -0.3 is 28.8 Å². The van der Waals surface area contributed by atoms with Crippen LogP contribution in [0.25, 0.3) is 0 Å². The van der Waals surface area contributed by atoms with Gasteiger partial charge in [0.1, 0.15) is 0 Å². The van der Waals surface area contributed by atoms with Crippen molar-refractivity contribution >= 4 is 0 Å². The Bertz CT molecular complexity index is 188. The van der Waals surface area contributed by atoms with Crippen molar-refractivity contribution in [2.24, 2.45) is 0 Å². The summed E-state index contributed by atoms with van der Waals surface area (Å²) in [5.41, 5.74) is 0. The van der Waals surface area contributed by atoms with Gasteiger partial charge in [-0.25, -0.2) is 0 Å². The molecule has 1 rings (SSSR count). The van der Waals surface area contributed by atoms with Gasteiger partial charge in [0.25, 0.3) is 0 Å². The van der Waals surface area contributed by atoms with Crippen LogP contribution in [0.1, 0.15) is 74.1 Å². The highest BCUT2D eigenvalue weighted by atomic mass is 16.5. The van der Waals surface area contributed by atoms with Gasteiger partial charge in [-0.3, -0.25) is 0 Å².